The van der Waals surface area contributed by atoms with Crippen LogP contribution >= 0.6 is 11.3 Å². The molecule has 2 heterocycles. The lowest BCUT2D eigenvalue weighted by Crippen LogP contribution is -2.03. The lowest BCUT2D eigenvalue weighted by Gasteiger charge is -2.10. The number of aliphatic imine (C=N–C) groups is 1. The average Bonchev–Trinajstić information content (AvgIpc) is 3.17. The van der Waals surface area contributed by atoms with Crippen molar-refractivity contribution in [2.45, 2.75) is 19.8 Å². The zero-order valence-corrected chi connectivity index (χ0v) is 14.0. The molecule has 0 N–H and O–H groups in total. The van der Waals surface area contributed by atoms with Gasteiger partial charge in [0.25, 0.3) is 0 Å². The highest BCUT2D eigenvalue weighted by atomic mass is 32.1. The number of methoxy groups -OCH3 is 1. The molecule has 0 saturated carbocycles. The smallest absolute Gasteiger partial charge is 0.363 e. The Balaban J connectivity index is 2.00. The maximum Gasteiger partial charge on any atom is 0.363 e. The summed E-state index contributed by atoms with van der Waals surface area (Å²) < 4.78 is 10.6. The number of rotatable bonds is 4. The fourth-order valence-electron chi connectivity index (χ4n) is 2.29. The molecule has 4 nitrogen and oxygen atoms in total. The van der Waals surface area contributed by atoms with Gasteiger partial charge in [0.2, 0.25) is 5.90 Å². The Morgan fingerprint density at radius 1 is 1.30 bits per heavy atom. The van der Waals surface area contributed by atoms with Gasteiger partial charge in [-0.15, -0.1) is 11.3 Å². The molecule has 1 aromatic heterocycles. The zero-order chi connectivity index (χ0) is 16.4. The van der Waals surface area contributed by atoms with Crippen molar-refractivity contribution in [2.24, 2.45) is 4.99 Å². The number of hydrogen-bond donors (Lipinski definition) is 0. The van der Waals surface area contributed by atoms with Crippen molar-refractivity contribution < 1.29 is 14.3 Å². The van der Waals surface area contributed by atoms with Crippen LogP contribution in [0.4, 0.5) is 0 Å². The Bertz CT molecular complexity index is 789. The summed E-state index contributed by atoms with van der Waals surface area (Å²) in [5.41, 5.74) is 2.28. The van der Waals surface area contributed by atoms with E-state index in [9.17, 15) is 4.79 Å². The van der Waals surface area contributed by atoms with Gasteiger partial charge < -0.3 is 9.47 Å². The van der Waals surface area contributed by atoms with Crippen LogP contribution in [0.15, 0.2) is 46.4 Å². The highest BCUT2D eigenvalue weighted by Crippen LogP contribution is 2.28. The third kappa shape index (κ3) is 3.19. The van der Waals surface area contributed by atoms with Crippen LogP contribution in [-0.4, -0.2) is 19.0 Å². The number of ether oxygens (including phenoxy) is 2. The fraction of sp³-hybridized carbons (Fsp3) is 0.222. The molecule has 1 aromatic carbocycles. The molecular weight excluding hydrogens is 310 g/mol. The maximum absolute atomic E-state index is 12.1. The van der Waals surface area contributed by atoms with Gasteiger partial charge in [-0.3, -0.25) is 0 Å². The molecule has 118 valence electrons. The first-order valence-electron chi connectivity index (χ1n) is 7.33. The minimum atomic E-state index is -0.439. The summed E-state index contributed by atoms with van der Waals surface area (Å²) in [6.07, 6.45) is 1.72. The van der Waals surface area contributed by atoms with E-state index in [0.717, 1.165) is 10.4 Å². The molecule has 0 unspecified atom stereocenters. The number of thiophene rings is 1. The molecule has 0 spiro atoms. The highest BCUT2D eigenvalue weighted by molar-refractivity contribution is 7.12. The third-order valence-corrected chi connectivity index (χ3v) is 4.42. The third-order valence-electron chi connectivity index (χ3n) is 3.57. The lowest BCUT2D eigenvalue weighted by molar-refractivity contribution is -0.129. The second kappa shape index (κ2) is 6.38. The molecule has 0 fully saturated rings. The number of benzene rings is 1. The molecule has 2 aromatic rings. The van der Waals surface area contributed by atoms with Crippen molar-refractivity contribution in [1.29, 1.82) is 0 Å². The average molecular weight is 327 g/mol. The SMILES string of the molecule is COc1ccc(C(C)C)cc1/C=C1\N=C(c2cccs2)OC1=O. The normalized spacial score (nSPS) is 15.9. The molecule has 23 heavy (non-hydrogen) atoms. The molecule has 1 aliphatic rings. The number of carbonyl (C=O) groups excluding carboxylic acids is 1. The number of nitrogens with zero attached hydrogens (tertiary/aromatic N) is 1. The molecule has 0 radical (unpaired) electrons. The van der Waals surface area contributed by atoms with Gasteiger partial charge in [-0.05, 0) is 41.1 Å². The molecule has 0 amide bonds. The quantitative estimate of drug-likeness (QED) is 0.624. The Kier molecular flexibility index (Phi) is 4.30. The summed E-state index contributed by atoms with van der Waals surface area (Å²) in [5, 5.41) is 1.92. The van der Waals surface area contributed by atoms with Gasteiger partial charge in [0.15, 0.2) is 5.70 Å². The predicted octanol–water partition coefficient (Wildman–Crippen LogP) is 4.22. The first-order chi connectivity index (χ1) is 11.1. The molecule has 0 bridgehead atoms. The first kappa shape index (κ1) is 15.5. The van der Waals surface area contributed by atoms with Gasteiger partial charge in [0.05, 0.1) is 12.0 Å². The van der Waals surface area contributed by atoms with Crippen molar-refractivity contribution in [3.05, 3.63) is 57.4 Å². The lowest BCUT2D eigenvalue weighted by atomic mass is 10.00. The zero-order valence-electron chi connectivity index (χ0n) is 13.2. The van der Waals surface area contributed by atoms with E-state index in [0.29, 0.717) is 17.6 Å². The van der Waals surface area contributed by atoms with Crippen LogP contribution in [0.1, 0.15) is 35.8 Å². The van der Waals surface area contributed by atoms with Crippen LogP contribution in [0.3, 0.4) is 0 Å². The number of hydrogen-bond acceptors (Lipinski definition) is 5. The van der Waals surface area contributed by atoms with Crippen LogP contribution in [-0.2, 0) is 9.53 Å². The molecule has 0 atom stereocenters. The molecule has 5 heteroatoms. The van der Waals surface area contributed by atoms with Crippen molar-refractivity contribution in [3.63, 3.8) is 0 Å². The largest absolute Gasteiger partial charge is 0.496 e. The van der Waals surface area contributed by atoms with Gasteiger partial charge in [-0.1, -0.05) is 26.0 Å². The van der Waals surface area contributed by atoms with Gasteiger partial charge in [0, 0.05) is 5.56 Å². The van der Waals surface area contributed by atoms with E-state index < -0.39 is 5.97 Å². The summed E-state index contributed by atoms with van der Waals surface area (Å²) in [6, 6.07) is 9.72. The van der Waals surface area contributed by atoms with Gasteiger partial charge in [0.1, 0.15) is 5.75 Å². The fourth-order valence-corrected chi connectivity index (χ4v) is 2.94. The molecular formula is C18H17NO3S. The Labute approximate surface area is 139 Å². The maximum atomic E-state index is 12.1. The number of cyclic esters (lactones) is 1. The van der Waals surface area contributed by atoms with Gasteiger partial charge in [-0.2, -0.15) is 0 Å². The topological polar surface area (TPSA) is 47.9 Å². The van der Waals surface area contributed by atoms with Crippen LogP contribution < -0.4 is 4.74 Å². The van der Waals surface area contributed by atoms with Crippen LogP contribution in [0, 0.1) is 0 Å². The second-order valence-electron chi connectivity index (χ2n) is 5.47. The van der Waals surface area contributed by atoms with Gasteiger partial charge in [-0.25, -0.2) is 9.79 Å². The standard InChI is InChI=1S/C18H17NO3S/c1-11(2)12-6-7-15(21-3)13(9-12)10-14-18(20)22-17(19-14)16-5-4-8-23-16/h4-11H,1-3H3/b14-10-. The van der Waals surface area contributed by atoms with E-state index in [4.69, 9.17) is 9.47 Å². The Hall–Kier alpha value is -2.40. The van der Waals surface area contributed by atoms with Crippen LogP contribution in [0.2, 0.25) is 0 Å². The summed E-state index contributed by atoms with van der Waals surface area (Å²) in [4.78, 5) is 17.2. The molecule has 1 aliphatic heterocycles. The van der Waals surface area contributed by atoms with Crippen LogP contribution in [0.25, 0.3) is 6.08 Å². The Morgan fingerprint density at radius 3 is 2.78 bits per heavy atom. The van der Waals surface area contributed by atoms with E-state index in [2.05, 4.69) is 18.8 Å². The Morgan fingerprint density at radius 2 is 2.13 bits per heavy atom. The molecule has 0 aliphatic carbocycles. The van der Waals surface area contributed by atoms with E-state index in [1.54, 1.807) is 13.2 Å². The van der Waals surface area contributed by atoms with Crippen molar-refractivity contribution in [2.75, 3.05) is 7.11 Å². The van der Waals surface area contributed by atoms with Gasteiger partial charge >= 0.3 is 5.97 Å². The predicted molar refractivity (Wildman–Crippen MR) is 92.0 cm³/mol. The monoisotopic (exact) mass is 327 g/mol. The summed E-state index contributed by atoms with van der Waals surface area (Å²) in [6.45, 7) is 4.24. The first-order valence-corrected chi connectivity index (χ1v) is 8.21. The molecule has 0 saturated heterocycles. The van der Waals surface area contributed by atoms with Crippen molar-refractivity contribution in [1.82, 2.24) is 0 Å². The van der Waals surface area contributed by atoms with E-state index in [1.807, 2.05) is 35.7 Å². The number of esters is 1. The second-order valence-corrected chi connectivity index (χ2v) is 6.42. The van der Waals surface area contributed by atoms with Crippen LogP contribution in [0.5, 0.6) is 5.75 Å². The minimum Gasteiger partial charge on any atom is -0.496 e. The van der Waals surface area contributed by atoms with E-state index >= 15 is 0 Å². The summed E-state index contributed by atoms with van der Waals surface area (Å²) >= 11 is 1.48. The van der Waals surface area contributed by atoms with E-state index in [-0.39, 0.29) is 5.70 Å². The molecule has 3 rings (SSSR count). The van der Waals surface area contributed by atoms with Crippen molar-refractivity contribution >= 4 is 29.3 Å². The number of carbonyl (C=O) groups is 1. The van der Waals surface area contributed by atoms with Crippen molar-refractivity contribution in [3.8, 4) is 5.75 Å². The summed E-state index contributed by atoms with van der Waals surface area (Å²) in [7, 11) is 1.61. The minimum absolute atomic E-state index is 0.285. The highest BCUT2D eigenvalue weighted by Gasteiger charge is 2.25. The van der Waals surface area contributed by atoms with E-state index in [1.165, 1.54) is 16.9 Å². The summed E-state index contributed by atoms with van der Waals surface area (Å²) in [5.74, 6) is 1.01.